The van der Waals surface area contributed by atoms with Crippen molar-refractivity contribution in [2.24, 2.45) is 11.3 Å². The molecule has 4 aliphatic rings. The van der Waals surface area contributed by atoms with Gasteiger partial charge in [-0.2, -0.15) is 0 Å². The molecule has 51 heavy (non-hydrogen) atoms. The van der Waals surface area contributed by atoms with Crippen molar-refractivity contribution >= 4 is 48.9 Å². The molecule has 3 aliphatic heterocycles. The number of nitro benzene ring substituents is 1. The first-order valence-corrected chi connectivity index (χ1v) is 20.3. The molecule has 0 aromatic heterocycles. The molecular weight excluding hydrogens is 734 g/mol. The molecular formula is C38H46BrN5O6S. The van der Waals surface area contributed by atoms with Crippen LogP contribution in [0.15, 0.2) is 70.0 Å². The van der Waals surface area contributed by atoms with Crippen molar-refractivity contribution in [2.75, 3.05) is 49.6 Å². The Morgan fingerprint density at radius 2 is 1.76 bits per heavy atom. The highest BCUT2D eigenvalue weighted by Gasteiger charge is 2.50. The Kier molecular flexibility index (Phi) is 10.4. The SMILES string of the molecule is Cc1ccccc1[C@@H]1CCCN1C1CC2(CCN(c3ccc(C(=O)NS(=O)(=O)c4ccc(NCC5CCOCC5)c([N+](=O)[O-])c4)c(Br)c3)CC2)C1. The lowest BCUT2D eigenvalue weighted by atomic mass is 9.59. The molecule has 3 aromatic rings. The number of ether oxygens (including phenoxy) is 1. The summed E-state index contributed by atoms with van der Waals surface area (Å²) in [7, 11) is -4.39. The average Bonchev–Trinajstić information content (AvgIpc) is 3.59. The third-order valence-electron chi connectivity index (χ3n) is 11.7. The highest BCUT2D eigenvalue weighted by atomic mass is 79.9. The van der Waals surface area contributed by atoms with Gasteiger partial charge in [0.15, 0.2) is 0 Å². The number of hydrogen-bond donors (Lipinski definition) is 2. The number of nitro groups is 1. The second kappa shape index (κ2) is 14.8. The predicted octanol–water partition coefficient (Wildman–Crippen LogP) is 7.21. The zero-order valence-electron chi connectivity index (χ0n) is 29.0. The van der Waals surface area contributed by atoms with Crippen molar-refractivity contribution in [2.45, 2.75) is 75.3 Å². The normalized spacial score (nSPS) is 21.4. The minimum absolute atomic E-state index is 0.163. The van der Waals surface area contributed by atoms with Gasteiger partial charge in [-0.15, -0.1) is 0 Å². The standard InChI is InChI=1S/C38H46BrN5O6S/c1-26-5-2-3-6-31(26)35-7-4-16-43(35)29-23-38(24-29)14-17-42(18-15-38)28-8-10-32(33(39)21-28)37(45)41-51(48,49)30-9-11-34(36(22-30)44(46)47)40-25-27-12-19-50-20-13-27/h2-3,5-6,8-11,21-22,27,29,35,40H,4,7,12-20,23-25H2,1H3,(H,41,45)/t35-/m0/s1. The second-order valence-corrected chi connectivity index (χ2v) is 17.3. The molecule has 0 bridgehead atoms. The largest absolute Gasteiger partial charge is 0.381 e. The van der Waals surface area contributed by atoms with Gasteiger partial charge in [0.05, 0.1) is 15.4 Å². The zero-order valence-corrected chi connectivity index (χ0v) is 31.4. The minimum atomic E-state index is -4.39. The maximum absolute atomic E-state index is 13.2. The number of carbonyl (C=O) groups is 1. The number of nitrogens with zero attached hydrogens (tertiary/aromatic N) is 3. The molecule has 13 heteroatoms. The van der Waals surface area contributed by atoms with Crippen molar-refractivity contribution in [3.8, 4) is 0 Å². The molecule has 2 N–H and O–H groups in total. The minimum Gasteiger partial charge on any atom is -0.381 e. The van der Waals surface area contributed by atoms with Crippen molar-refractivity contribution in [3.63, 3.8) is 0 Å². The number of nitrogens with one attached hydrogen (secondary N) is 2. The van der Waals surface area contributed by atoms with Gasteiger partial charge in [0.2, 0.25) is 0 Å². The molecule has 1 spiro atoms. The molecule has 0 unspecified atom stereocenters. The van der Waals surface area contributed by atoms with Crippen molar-refractivity contribution < 1.29 is 22.9 Å². The molecule has 11 nitrogen and oxygen atoms in total. The van der Waals surface area contributed by atoms with Gasteiger partial charge in [-0.25, -0.2) is 13.1 Å². The summed E-state index contributed by atoms with van der Waals surface area (Å²) in [6.07, 6.45) is 8.95. The van der Waals surface area contributed by atoms with E-state index >= 15 is 0 Å². The molecule has 1 saturated carbocycles. The highest BCUT2D eigenvalue weighted by Crippen LogP contribution is 2.54. The summed E-state index contributed by atoms with van der Waals surface area (Å²) in [5.41, 5.74) is 4.26. The molecule has 3 aromatic carbocycles. The van der Waals surface area contributed by atoms with Crippen LogP contribution in [0.25, 0.3) is 0 Å². The Hall–Kier alpha value is -3.52. The fourth-order valence-electron chi connectivity index (χ4n) is 8.65. The van der Waals surface area contributed by atoms with Gasteiger partial charge in [-0.05, 0) is 134 Å². The van der Waals surface area contributed by atoms with E-state index in [2.05, 4.69) is 67.0 Å². The van der Waals surface area contributed by atoms with Crippen molar-refractivity contribution in [1.29, 1.82) is 0 Å². The fraction of sp³-hybridized carbons (Fsp3) is 0.500. The fourth-order valence-corrected chi connectivity index (χ4v) is 10.2. The summed E-state index contributed by atoms with van der Waals surface area (Å²) >= 11 is 3.50. The number of halogens is 1. The maximum Gasteiger partial charge on any atom is 0.293 e. The van der Waals surface area contributed by atoms with Crippen LogP contribution in [0.1, 0.15) is 78.9 Å². The number of rotatable bonds is 10. The topological polar surface area (TPSA) is 134 Å². The number of likely N-dealkylation sites (tertiary alicyclic amines) is 1. The van der Waals surface area contributed by atoms with Gasteiger partial charge >= 0.3 is 0 Å². The molecule has 3 heterocycles. The summed E-state index contributed by atoms with van der Waals surface area (Å²) in [5.74, 6) is -0.507. The first-order valence-electron chi connectivity index (χ1n) is 18.0. The number of hydrogen-bond acceptors (Lipinski definition) is 9. The zero-order chi connectivity index (χ0) is 35.8. The first-order chi connectivity index (χ1) is 24.5. The molecule has 3 saturated heterocycles. The molecule has 4 fully saturated rings. The van der Waals surface area contributed by atoms with Gasteiger partial charge in [-0.3, -0.25) is 19.8 Å². The maximum atomic E-state index is 13.2. The van der Waals surface area contributed by atoms with Crippen LogP contribution in [0.2, 0.25) is 0 Å². The van der Waals surface area contributed by atoms with Crippen LogP contribution in [0.4, 0.5) is 17.1 Å². The van der Waals surface area contributed by atoms with Crippen molar-refractivity contribution in [1.82, 2.24) is 9.62 Å². The van der Waals surface area contributed by atoms with E-state index in [1.54, 1.807) is 6.07 Å². The van der Waals surface area contributed by atoms with Crippen LogP contribution in [0.3, 0.4) is 0 Å². The number of carbonyl (C=O) groups excluding carboxylic acids is 1. The Balaban J connectivity index is 0.944. The van der Waals surface area contributed by atoms with Crippen LogP contribution in [0, 0.1) is 28.4 Å². The van der Waals surface area contributed by atoms with Crippen molar-refractivity contribution in [3.05, 3.63) is 91.9 Å². The van der Waals surface area contributed by atoms with E-state index in [0.717, 1.165) is 50.5 Å². The van der Waals surface area contributed by atoms with E-state index in [-0.39, 0.29) is 21.8 Å². The average molecular weight is 781 g/mol. The Morgan fingerprint density at radius 3 is 2.47 bits per heavy atom. The lowest BCUT2D eigenvalue weighted by Gasteiger charge is -2.56. The smallest absolute Gasteiger partial charge is 0.293 e. The van der Waals surface area contributed by atoms with E-state index in [1.807, 2.05) is 12.1 Å². The van der Waals surface area contributed by atoms with Crippen LogP contribution in [0.5, 0.6) is 0 Å². The van der Waals surface area contributed by atoms with E-state index in [1.165, 1.54) is 55.5 Å². The monoisotopic (exact) mass is 779 g/mol. The van der Waals surface area contributed by atoms with Gasteiger partial charge in [-0.1, -0.05) is 24.3 Å². The van der Waals surface area contributed by atoms with Crippen LogP contribution in [-0.4, -0.2) is 69.6 Å². The van der Waals surface area contributed by atoms with Gasteiger partial charge in [0.25, 0.3) is 21.6 Å². The van der Waals surface area contributed by atoms with E-state index in [0.29, 0.717) is 47.6 Å². The lowest BCUT2D eigenvalue weighted by molar-refractivity contribution is -0.384. The molecule has 7 rings (SSSR count). The van der Waals surface area contributed by atoms with Crippen LogP contribution < -0.4 is 14.9 Å². The predicted molar refractivity (Wildman–Crippen MR) is 201 cm³/mol. The van der Waals surface area contributed by atoms with E-state index in [9.17, 15) is 23.3 Å². The third-order valence-corrected chi connectivity index (χ3v) is 13.6. The number of anilines is 2. The number of sulfonamides is 1. The first kappa shape index (κ1) is 35.9. The Morgan fingerprint density at radius 1 is 1.02 bits per heavy atom. The van der Waals surface area contributed by atoms with Gasteiger partial charge in [0.1, 0.15) is 5.69 Å². The number of amides is 1. The third kappa shape index (κ3) is 7.67. The summed E-state index contributed by atoms with van der Waals surface area (Å²) in [6, 6.07) is 19.0. The molecule has 1 amide bonds. The van der Waals surface area contributed by atoms with Crippen LogP contribution >= 0.6 is 15.9 Å². The Bertz CT molecular complexity index is 1880. The van der Waals surface area contributed by atoms with Gasteiger partial charge in [0, 0.05) is 61.2 Å². The quantitative estimate of drug-likeness (QED) is 0.162. The molecule has 1 atom stereocenters. The number of benzene rings is 3. The lowest BCUT2D eigenvalue weighted by Crippen LogP contribution is -2.54. The summed E-state index contributed by atoms with van der Waals surface area (Å²) < 4.78 is 34.4. The number of piperidine rings is 1. The summed E-state index contributed by atoms with van der Waals surface area (Å²) in [6.45, 7) is 7.09. The van der Waals surface area contributed by atoms with E-state index < -0.39 is 20.9 Å². The molecule has 1 aliphatic carbocycles. The van der Waals surface area contributed by atoms with Gasteiger partial charge < -0.3 is 15.0 Å². The molecule has 0 radical (unpaired) electrons. The van der Waals surface area contributed by atoms with E-state index in [4.69, 9.17) is 4.74 Å². The summed E-state index contributed by atoms with van der Waals surface area (Å²) in [5, 5.41) is 14.9. The summed E-state index contributed by atoms with van der Waals surface area (Å²) in [4.78, 5) is 29.2. The highest BCUT2D eigenvalue weighted by molar-refractivity contribution is 9.10. The number of aryl methyl sites for hydroxylation is 1. The Labute approximate surface area is 308 Å². The molecule has 272 valence electrons. The second-order valence-electron chi connectivity index (χ2n) is 14.8. The van der Waals surface area contributed by atoms with Crippen LogP contribution in [-0.2, 0) is 14.8 Å².